The summed E-state index contributed by atoms with van der Waals surface area (Å²) in [4.78, 5) is 0. The van der Waals surface area contributed by atoms with Crippen LogP contribution in [-0.2, 0) is 0 Å². The third-order valence-electron chi connectivity index (χ3n) is 6.75. The highest BCUT2D eigenvalue weighted by Gasteiger charge is 2.22. The van der Waals surface area contributed by atoms with Crippen molar-refractivity contribution < 1.29 is 22.3 Å². The molecule has 0 saturated heterocycles. The van der Waals surface area contributed by atoms with Crippen LogP contribution < -0.4 is 4.74 Å². The highest BCUT2D eigenvalue weighted by Crippen LogP contribution is 2.38. The minimum Gasteiger partial charge on any atom is -0.432 e. The van der Waals surface area contributed by atoms with Crippen LogP contribution in [0.25, 0.3) is 10.8 Å². The maximum Gasteiger partial charge on any atom is 0.387 e. The van der Waals surface area contributed by atoms with Crippen molar-refractivity contribution in [3.63, 3.8) is 0 Å². The molecule has 0 N–H and O–H groups in total. The molecule has 4 rings (SSSR count). The lowest BCUT2D eigenvalue weighted by atomic mass is 9.77. The summed E-state index contributed by atoms with van der Waals surface area (Å²) in [6.45, 7) is -0.873. The lowest BCUT2D eigenvalue weighted by Gasteiger charge is -2.29. The molecule has 1 aliphatic rings. The van der Waals surface area contributed by atoms with Crippen LogP contribution in [-0.4, -0.2) is 6.61 Å². The van der Waals surface area contributed by atoms with Crippen molar-refractivity contribution in [2.24, 2.45) is 5.92 Å². The van der Waals surface area contributed by atoms with E-state index in [1.807, 2.05) is 18.2 Å². The van der Waals surface area contributed by atoms with E-state index >= 15 is 4.39 Å². The molecule has 0 unspecified atom stereocenters. The second kappa shape index (κ2) is 11.0. The van der Waals surface area contributed by atoms with Gasteiger partial charge in [0.25, 0.3) is 0 Å². The molecule has 0 atom stereocenters. The van der Waals surface area contributed by atoms with Crippen molar-refractivity contribution in [1.29, 1.82) is 0 Å². The van der Waals surface area contributed by atoms with Crippen LogP contribution in [0.15, 0.2) is 48.5 Å². The van der Waals surface area contributed by atoms with Gasteiger partial charge in [-0.2, -0.15) is 8.78 Å². The van der Waals surface area contributed by atoms with Crippen LogP contribution in [0.1, 0.15) is 74.5 Å². The lowest BCUT2D eigenvalue weighted by molar-refractivity contribution is -0.0521. The number of unbranched alkanes of at least 4 members (excludes halogenated alkanes) is 1. The first-order valence-corrected chi connectivity index (χ1v) is 11.9. The van der Waals surface area contributed by atoms with E-state index in [0.717, 1.165) is 23.4 Å². The van der Waals surface area contributed by atoms with E-state index in [0.29, 0.717) is 11.3 Å². The average Bonchev–Trinajstić information content (AvgIpc) is 2.84. The van der Waals surface area contributed by atoms with Crippen LogP contribution in [0.5, 0.6) is 5.75 Å². The minimum atomic E-state index is -3.11. The van der Waals surface area contributed by atoms with Gasteiger partial charge in [0.15, 0.2) is 11.6 Å². The summed E-state index contributed by atoms with van der Waals surface area (Å²) in [5, 5.41) is 1.34. The number of hydrogen-bond acceptors (Lipinski definition) is 1. The lowest BCUT2D eigenvalue weighted by Crippen LogP contribution is -2.13. The summed E-state index contributed by atoms with van der Waals surface area (Å²) in [5.41, 5.74) is 1.70. The Morgan fingerprint density at radius 1 is 0.941 bits per heavy atom. The minimum absolute atomic E-state index is 0.199. The van der Waals surface area contributed by atoms with Crippen LogP contribution in [0, 0.1) is 29.4 Å². The topological polar surface area (TPSA) is 9.23 Å². The van der Waals surface area contributed by atoms with Gasteiger partial charge in [-0.15, -0.1) is 0 Å². The molecule has 0 spiro atoms. The van der Waals surface area contributed by atoms with E-state index in [1.165, 1.54) is 56.6 Å². The smallest absolute Gasteiger partial charge is 0.387 e. The molecule has 0 bridgehead atoms. The van der Waals surface area contributed by atoms with Crippen molar-refractivity contribution >= 4 is 10.8 Å². The van der Waals surface area contributed by atoms with Gasteiger partial charge in [-0.1, -0.05) is 62.3 Å². The highest BCUT2D eigenvalue weighted by atomic mass is 19.3. The molecule has 3 aromatic rings. The van der Waals surface area contributed by atoms with E-state index in [1.54, 1.807) is 6.07 Å². The molecule has 0 aromatic heterocycles. The van der Waals surface area contributed by atoms with Gasteiger partial charge >= 0.3 is 6.61 Å². The number of ether oxygens (including phenoxy) is 1. The fraction of sp³-hybridized carbons (Fsp3) is 0.379. The number of hydrogen-bond donors (Lipinski definition) is 0. The van der Waals surface area contributed by atoms with Gasteiger partial charge in [0.2, 0.25) is 0 Å². The number of benzene rings is 3. The average molecular weight is 469 g/mol. The quantitative estimate of drug-likeness (QED) is 0.260. The summed E-state index contributed by atoms with van der Waals surface area (Å²) in [6, 6.07) is 12.9. The third-order valence-corrected chi connectivity index (χ3v) is 6.75. The maximum atomic E-state index is 15.1. The van der Waals surface area contributed by atoms with Crippen molar-refractivity contribution in [3.05, 3.63) is 76.9 Å². The Bertz CT molecular complexity index is 1200. The Morgan fingerprint density at radius 3 is 2.44 bits per heavy atom. The molecular formula is C29H28F4O. The van der Waals surface area contributed by atoms with Gasteiger partial charge in [-0.3, -0.25) is 0 Å². The Kier molecular flexibility index (Phi) is 7.77. The fourth-order valence-corrected chi connectivity index (χ4v) is 4.85. The van der Waals surface area contributed by atoms with E-state index in [9.17, 15) is 13.2 Å². The molecule has 5 heteroatoms. The SMILES string of the molecule is CCCCC1CCC(c2ccc3c(F)c(C#Cc4ccc(OC(F)F)c(F)c4)ccc3c2)CC1. The van der Waals surface area contributed by atoms with E-state index in [2.05, 4.69) is 29.6 Å². The van der Waals surface area contributed by atoms with Crippen LogP contribution >= 0.6 is 0 Å². The molecule has 3 aromatic carbocycles. The monoisotopic (exact) mass is 468 g/mol. The first-order valence-electron chi connectivity index (χ1n) is 11.9. The fourth-order valence-electron chi connectivity index (χ4n) is 4.85. The van der Waals surface area contributed by atoms with Crippen molar-refractivity contribution in [2.75, 3.05) is 0 Å². The normalized spacial score (nSPS) is 18.1. The molecular weight excluding hydrogens is 440 g/mol. The summed E-state index contributed by atoms with van der Waals surface area (Å²) in [7, 11) is 0. The first-order chi connectivity index (χ1) is 16.4. The molecule has 0 amide bonds. The van der Waals surface area contributed by atoms with Crippen molar-refractivity contribution in [2.45, 2.75) is 64.4 Å². The number of halogens is 4. The van der Waals surface area contributed by atoms with Gasteiger partial charge in [-0.25, -0.2) is 8.78 Å². The Balaban J connectivity index is 1.49. The van der Waals surface area contributed by atoms with Gasteiger partial charge in [0, 0.05) is 10.9 Å². The molecule has 0 heterocycles. The molecule has 34 heavy (non-hydrogen) atoms. The Morgan fingerprint density at radius 2 is 1.74 bits per heavy atom. The zero-order valence-electron chi connectivity index (χ0n) is 19.2. The zero-order chi connectivity index (χ0) is 24.1. The van der Waals surface area contributed by atoms with Crippen molar-refractivity contribution in [1.82, 2.24) is 0 Å². The van der Waals surface area contributed by atoms with Gasteiger partial charge < -0.3 is 4.74 Å². The summed E-state index contributed by atoms with van der Waals surface area (Å²) >= 11 is 0. The Labute approximate surface area is 198 Å². The summed E-state index contributed by atoms with van der Waals surface area (Å²) in [6.07, 6.45) is 8.79. The predicted octanol–water partition coefficient (Wildman–Crippen LogP) is 8.58. The molecule has 1 aliphatic carbocycles. The summed E-state index contributed by atoms with van der Waals surface area (Å²) < 4.78 is 57.6. The Hall–Kier alpha value is -3.00. The zero-order valence-corrected chi connectivity index (χ0v) is 19.2. The molecule has 1 fully saturated rings. The first kappa shape index (κ1) is 24.1. The van der Waals surface area contributed by atoms with Gasteiger partial charge in [0.05, 0.1) is 5.56 Å². The van der Waals surface area contributed by atoms with Crippen LogP contribution in [0.4, 0.5) is 17.6 Å². The summed E-state index contributed by atoms with van der Waals surface area (Å²) in [5.74, 6) is 4.88. The number of fused-ring (bicyclic) bond motifs is 1. The van der Waals surface area contributed by atoms with Gasteiger partial charge in [-0.05, 0) is 72.7 Å². The van der Waals surface area contributed by atoms with E-state index in [-0.39, 0.29) is 11.1 Å². The van der Waals surface area contributed by atoms with E-state index in [4.69, 9.17) is 0 Å². The third kappa shape index (κ3) is 5.73. The largest absolute Gasteiger partial charge is 0.432 e. The molecule has 0 radical (unpaired) electrons. The van der Waals surface area contributed by atoms with Gasteiger partial charge in [0.1, 0.15) is 5.82 Å². The molecule has 1 saturated carbocycles. The highest BCUT2D eigenvalue weighted by molar-refractivity contribution is 5.85. The maximum absolute atomic E-state index is 15.1. The molecule has 1 nitrogen and oxygen atoms in total. The number of rotatable bonds is 6. The van der Waals surface area contributed by atoms with Crippen molar-refractivity contribution in [3.8, 4) is 17.6 Å². The van der Waals surface area contributed by atoms with Crippen LogP contribution in [0.2, 0.25) is 0 Å². The second-order valence-electron chi connectivity index (χ2n) is 9.04. The number of alkyl halides is 2. The predicted molar refractivity (Wildman–Crippen MR) is 127 cm³/mol. The standard InChI is InChI=1S/C29H28F4O/c1-2-3-4-19-5-9-21(10-6-19)23-14-15-25-24(18-23)13-12-22(28(25)31)11-7-20-8-16-27(26(30)17-20)34-29(32)33/h8,12-19,21,29H,2-6,9-10H2,1H3. The second-order valence-corrected chi connectivity index (χ2v) is 9.04. The van der Waals surface area contributed by atoms with E-state index < -0.39 is 24.0 Å². The molecule has 178 valence electrons. The molecule has 0 aliphatic heterocycles. The van der Waals surface area contributed by atoms with Crippen LogP contribution in [0.3, 0.4) is 0 Å².